The molecule has 3 heteroatoms. The zero-order valence-corrected chi connectivity index (χ0v) is 15.2. The summed E-state index contributed by atoms with van der Waals surface area (Å²) in [5, 5.41) is 3.09. The van der Waals surface area contributed by atoms with Crippen LogP contribution in [0, 0.1) is 13.8 Å². The Morgan fingerprint density at radius 3 is 2.38 bits per heavy atom. The molecule has 0 fully saturated rings. The molecule has 0 aromatic heterocycles. The summed E-state index contributed by atoms with van der Waals surface area (Å²) in [5.74, 6) is 0.621. The number of carbonyl (C=O) groups excluding carboxylic acids is 1. The summed E-state index contributed by atoms with van der Waals surface area (Å²) in [6, 6.07) is 16.0. The average Bonchev–Trinajstić information content (AvgIpc) is 2.51. The Kier molecular flexibility index (Phi) is 5.66. The van der Waals surface area contributed by atoms with E-state index in [0.29, 0.717) is 0 Å². The van der Waals surface area contributed by atoms with Crippen LogP contribution in [0.4, 0.5) is 0 Å². The van der Waals surface area contributed by atoms with Gasteiger partial charge >= 0.3 is 0 Å². The quantitative estimate of drug-likeness (QED) is 0.864. The second-order valence-corrected chi connectivity index (χ2v) is 7.04. The number of rotatable bonds is 6. The van der Waals surface area contributed by atoms with E-state index in [2.05, 4.69) is 24.4 Å². The van der Waals surface area contributed by atoms with Crippen molar-refractivity contribution in [3.8, 4) is 5.75 Å². The third-order valence-electron chi connectivity index (χ3n) is 4.11. The van der Waals surface area contributed by atoms with E-state index in [1.807, 2.05) is 57.2 Å². The molecule has 2 aromatic rings. The molecule has 1 unspecified atom stereocenters. The van der Waals surface area contributed by atoms with Gasteiger partial charge in [0.2, 0.25) is 0 Å². The summed E-state index contributed by atoms with van der Waals surface area (Å²) >= 11 is 0. The first kappa shape index (κ1) is 18.1. The van der Waals surface area contributed by atoms with Gasteiger partial charge in [-0.2, -0.15) is 0 Å². The molecule has 2 aromatic carbocycles. The molecule has 0 saturated heterocycles. The first-order valence-corrected chi connectivity index (χ1v) is 8.37. The van der Waals surface area contributed by atoms with Gasteiger partial charge in [0.15, 0.2) is 6.10 Å². The van der Waals surface area contributed by atoms with E-state index in [-0.39, 0.29) is 11.4 Å². The molecule has 0 saturated carbocycles. The van der Waals surface area contributed by atoms with E-state index in [1.165, 1.54) is 11.1 Å². The van der Waals surface area contributed by atoms with E-state index in [9.17, 15) is 4.79 Å². The monoisotopic (exact) mass is 325 g/mol. The van der Waals surface area contributed by atoms with Crippen LogP contribution in [0.2, 0.25) is 0 Å². The van der Waals surface area contributed by atoms with Crippen LogP contribution >= 0.6 is 0 Å². The molecule has 2 rings (SSSR count). The van der Waals surface area contributed by atoms with Crippen LogP contribution in [0.15, 0.2) is 48.5 Å². The Balaban J connectivity index is 1.96. The van der Waals surface area contributed by atoms with Crippen LogP contribution in [0.25, 0.3) is 0 Å². The molecular formula is C21H27NO2. The molecule has 0 spiro atoms. The van der Waals surface area contributed by atoms with Crippen LogP contribution in [0.3, 0.4) is 0 Å². The van der Waals surface area contributed by atoms with Gasteiger partial charge in [-0.05, 0) is 69.9 Å². The summed E-state index contributed by atoms with van der Waals surface area (Å²) in [7, 11) is 0. The smallest absolute Gasteiger partial charge is 0.261 e. The molecule has 24 heavy (non-hydrogen) atoms. The molecule has 0 bridgehead atoms. The van der Waals surface area contributed by atoms with Gasteiger partial charge < -0.3 is 10.1 Å². The Morgan fingerprint density at radius 2 is 1.75 bits per heavy atom. The largest absolute Gasteiger partial charge is 0.481 e. The third kappa shape index (κ3) is 5.12. The SMILES string of the molecule is Cc1ccc(OC(C)C(=O)NC(C)(C)Cc2ccccc2)cc1C. The maximum Gasteiger partial charge on any atom is 0.261 e. The van der Waals surface area contributed by atoms with Crippen LogP contribution in [-0.2, 0) is 11.2 Å². The Morgan fingerprint density at radius 1 is 1.08 bits per heavy atom. The van der Waals surface area contributed by atoms with E-state index in [4.69, 9.17) is 4.74 Å². The number of amides is 1. The minimum atomic E-state index is -0.540. The molecule has 0 aliphatic heterocycles. The molecule has 0 aliphatic carbocycles. The van der Waals surface area contributed by atoms with E-state index in [1.54, 1.807) is 6.92 Å². The van der Waals surface area contributed by atoms with E-state index < -0.39 is 6.10 Å². The number of hydrogen-bond acceptors (Lipinski definition) is 2. The fourth-order valence-corrected chi connectivity index (χ4v) is 2.63. The molecule has 0 radical (unpaired) electrons. The summed E-state index contributed by atoms with van der Waals surface area (Å²) in [6.07, 6.45) is 0.234. The maximum atomic E-state index is 12.5. The van der Waals surface area contributed by atoms with Crippen molar-refractivity contribution in [3.63, 3.8) is 0 Å². The third-order valence-corrected chi connectivity index (χ3v) is 4.11. The van der Waals surface area contributed by atoms with Gasteiger partial charge in [0.25, 0.3) is 5.91 Å². The van der Waals surface area contributed by atoms with Gasteiger partial charge in [0.1, 0.15) is 5.75 Å². The normalized spacial score (nSPS) is 12.5. The lowest BCUT2D eigenvalue weighted by Crippen LogP contribution is -2.49. The van der Waals surface area contributed by atoms with Crippen molar-refractivity contribution in [2.24, 2.45) is 0 Å². The Bertz CT molecular complexity index is 692. The highest BCUT2D eigenvalue weighted by Gasteiger charge is 2.25. The van der Waals surface area contributed by atoms with Crippen molar-refractivity contribution in [3.05, 3.63) is 65.2 Å². The second kappa shape index (κ2) is 7.52. The van der Waals surface area contributed by atoms with E-state index in [0.717, 1.165) is 17.7 Å². The second-order valence-electron chi connectivity index (χ2n) is 7.04. The van der Waals surface area contributed by atoms with Crippen LogP contribution < -0.4 is 10.1 Å². The van der Waals surface area contributed by atoms with Crippen molar-refractivity contribution < 1.29 is 9.53 Å². The molecule has 3 nitrogen and oxygen atoms in total. The number of aryl methyl sites for hydroxylation is 2. The Hall–Kier alpha value is -2.29. The lowest BCUT2D eigenvalue weighted by atomic mass is 9.94. The topological polar surface area (TPSA) is 38.3 Å². The van der Waals surface area contributed by atoms with Gasteiger partial charge in [-0.3, -0.25) is 4.79 Å². The molecule has 128 valence electrons. The predicted molar refractivity (Wildman–Crippen MR) is 98.4 cm³/mol. The van der Waals surface area contributed by atoms with Crippen LogP contribution in [0.1, 0.15) is 37.5 Å². The minimum Gasteiger partial charge on any atom is -0.481 e. The van der Waals surface area contributed by atoms with Gasteiger partial charge in [-0.25, -0.2) is 0 Å². The zero-order chi connectivity index (χ0) is 17.7. The number of hydrogen-bond donors (Lipinski definition) is 1. The number of benzene rings is 2. The number of carbonyl (C=O) groups is 1. The van der Waals surface area contributed by atoms with Crippen molar-refractivity contribution in [2.45, 2.75) is 52.7 Å². The molecule has 0 heterocycles. The maximum absolute atomic E-state index is 12.5. The summed E-state index contributed by atoms with van der Waals surface area (Å²) in [5.41, 5.74) is 3.23. The van der Waals surface area contributed by atoms with Crippen molar-refractivity contribution in [1.82, 2.24) is 5.32 Å². The summed E-state index contributed by atoms with van der Waals surface area (Å²) in [6.45, 7) is 9.93. The van der Waals surface area contributed by atoms with Gasteiger partial charge in [0, 0.05) is 5.54 Å². The van der Waals surface area contributed by atoms with Crippen LogP contribution in [0.5, 0.6) is 5.75 Å². The van der Waals surface area contributed by atoms with Gasteiger partial charge in [-0.1, -0.05) is 36.4 Å². The number of nitrogens with one attached hydrogen (secondary N) is 1. The number of ether oxygens (including phenoxy) is 1. The first-order chi connectivity index (χ1) is 11.3. The minimum absolute atomic E-state index is 0.103. The molecule has 1 atom stereocenters. The van der Waals surface area contributed by atoms with Gasteiger partial charge in [0.05, 0.1) is 0 Å². The summed E-state index contributed by atoms with van der Waals surface area (Å²) in [4.78, 5) is 12.5. The molecular weight excluding hydrogens is 298 g/mol. The average molecular weight is 325 g/mol. The first-order valence-electron chi connectivity index (χ1n) is 8.37. The highest BCUT2D eigenvalue weighted by Crippen LogP contribution is 2.18. The zero-order valence-electron chi connectivity index (χ0n) is 15.2. The van der Waals surface area contributed by atoms with E-state index >= 15 is 0 Å². The van der Waals surface area contributed by atoms with Crippen molar-refractivity contribution >= 4 is 5.91 Å². The van der Waals surface area contributed by atoms with Crippen molar-refractivity contribution in [2.75, 3.05) is 0 Å². The lowest BCUT2D eigenvalue weighted by molar-refractivity contribution is -0.128. The standard InChI is InChI=1S/C21H27NO2/c1-15-11-12-19(13-16(15)2)24-17(3)20(23)22-21(4,5)14-18-9-7-6-8-10-18/h6-13,17H,14H2,1-5H3,(H,22,23). The lowest BCUT2D eigenvalue weighted by Gasteiger charge is -2.28. The highest BCUT2D eigenvalue weighted by atomic mass is 16.5. The predicted octanol–water partition coefficient (Wildman–Crippen LogP) is 4.21. The molecule has 1 N–H and O–H groups in total. The Labute approximate surface area is 145 Å². The molecule has 0 aliphatic rings. The fraction of sp³-hybridized carbons (Fsp3) is 0.381. The van der Waals surface area contributed by atoms with Gasteiger partial charge in [-0.15, -0.1) is 0 Å². The summed E-state index contributed by atoms with van der Waals surface area (Å²) < 4.78 is 5.80. The van der Waals surface area contributed by atoms with Crippen LogP contribution in [-0.4, -0.2) is 17.6 Å². The highest BCUT2D eigenvalue weighted by molar-refractivity contribution is 5.81. The molecule has 1 amide bonds. The van der Waals surface area contributed by atoms with Crippen molar-refractivity contribution in [1.29, 1.82) is 0 Å². The fourth-order valence-electron chi connectivity index (χ4n) is 2.63.